The second kappa shape index (κ2) is 8.02. The minimum atomic E-state index is -0.284. The summed E-state index contributed by atoms with van der Waals surface area (Å²) in [5.41, 5.74) is 2.66. The second-order valence-corrected chi connectivity index (χ2v) is 7.21. The Labute approximate surface area is 164 Å². The molecule has 2 atom stereocenters. The Kier molecular flexibility index (Phi) is 5.29. The number of nitrogens with one attached hydrogen (secondary N) is 3. The number of aromatic nitrogens is 2. The lowest BCUT2D eigenvalue weighted by molar-refractivity contribution is -0.118. The highest BCUT2D eigenvalue weighted by atomic mass is 16.5. The van der Waals surface area contributed by atoms with Gasteiger partial charge in [-0.25, -0.2) is 9.97 Å². The summed E-state index contributed by atoms with van der Waals surface area (Å²) in [6.07, 6.45) is 2.41. The molecule has 3 N–H and O–H groups in total. The molecule has 1 fully saturated rings. The standard InChI is InChI=1S/C20H26N6O2/c1-3-13(2)16-20(27)25-17-18(21-12-22-19(17)24-16)23-14-4-6-15(7-5-14)26-8-10-28-11-9-26/h4-7,12-13,16H,3,8-11H2,1-2H3,(H,25,27)(H2,21,22,23,24). The SMILES string of the molecule is CCC(C)C1Nc2ncnc(Nc3ccc(N4CCOCC4)cc3)c2NC1=O. The molecule has 28 heavy (non-hydrogen) atoms. The van der Waals surface area contributed by atoms with Crippen molar-refractivity contribution in [2.45, 2.75) is 26.3 Å². The molecule has 8 nitrogen and oxygen atoms in total. The Morgan fingerprint density at radius 1 is 1.25 bits per heavy atom. The molecule has 2 aromatic rings. The summed E-state index contributed by atoms with van der Waals surface area (Å²) in [5, 5.41) is 9.51. The van der Waals surface area contributed by atoms with Crippen LogP contribution in [0.5, 0.6) is 0 Å². The van der Waals surface area contributed by atoms with Gasteiger partial charge in [0.05, 0.1) is 13.2 Å². The molecule has 2 aliphatic heterocycles. The molecule has 1 aromatic heterocycles. The van der Waals surface area contributed by atoms with Gasteiger partial charge in [-0.3, -0.25) is 4.79 Å². The van der Waals surface area contributed by atoms with Crippen LogP contribution in [0.1, 0.15) is 20.3 Å². The number of nitrogens with zero attached hydrogens (tertiary/aromatic N) is 3. The van der Waals surface area contributed by atoms with E-state index in [0.29, 0.717) is 17.3 Å². The molecule has 8 heteroatoms. The van der Waals surface area contributed by atoms with E-state index in [1.807, 2.05) is 12.1 Å². The lowest BCUT2D eigenvalue weighted by Crippen LogP contribution is -2.43. The van der Waals surface area contributed by atoms with E-state index in [9.17, 15) is 4.79 Å². The molecule has 3 heterocycles. The van der Waals surface area contributed by atoms with E-state index >= 15 is 0 Å². The molecular weight excluding hydrogens is 356 g/mol. The Bertz CT molecular complexity index is 835. The number of ether oxygens (including phenoxy) is 1. The number of anilines is 5. The average Bonchev–Trinajstić information content (AvgIpc) is 2.74. The Morgan fingerprint density at radius 2 is 2.00 bits per heavy atom. The summed E-state index contributed by atoms with van der Waals surface area (Å²) in [4.78, 5) is 23.4. The van der Waals surface area contributed by atoms with E-state index in [2.05, 4.69) is 56.8 Å². The van der Waals surface area contributed by atoms with Crippen molar-refractivity contribution in [3.63, 3.8) is 0 Å². The molecule has 0 aliphatic carbocycles. The first-order valence-electron chi connectivity index (χ1n) is 9.78. The van der Waals surface area contributed by atoms with Gasteiger partial charge in [0.15, 0.2) is 11.6 Å². The average molecular weight is 382 g/mol. The van der Waals surface area contributed by atoms with Gasteiger partial charge in [-0.2, -0.15) is 0 Å². The second-order valence-electron chi connectivity index (χ2n) is 7.21. The first kappa shape index (κ1) is 18.5. The van der Waals surface area contributed by atoms with Gasteiger partial charge in [0.2, 0.25) is 5.91 Å². The minimum Gasteiger partial charge on any atom is -0.378 e. The van der Waals surface area contributed by atoms with E-state index in [1.54, 1.807) is 0 Å². The predicted octanol–water partition coefficient (Wildman–Crippen LogP) is 2.84. The van der Waals surface area contributed by atoms with Gasteiger partial charge < -0.3 is 25.6 Å². The molecule has 0 saturated carbocycles. The van der Waals surface area contributed by atoms with Crippen molar-refractivity contribution in [2.75, 3.05) is 47.2 Å². The van der Waals surface area contributed by atoms with Crippen molar-refractivity contribution in [1.29, 1.82) is 0 Å². The third kappa shape index (κ3) is 3.73. The molecular formula is C20H26N6O2. The molecule has 0 spiro atoms. The van der Waals surface area contributed by atoms with Crippen LogP contribution in [0.15, 0.2) is 30.6 Å². The number of morpholine rings is 1. The predicted molar refractivity (Wildman–Crippen MR) is 110 cm³/mol. The third-order valence-electron chi connectivity index (χ3n) is 5.39. The Hall–Kier alpha value is -2.87. The van der Waals surface area contributed by atoms with E-state index in [4.69, 9.17) is 4.74 Å². The van der Waals surface area contributed by atoms with E-state index in [1.165, 1.54) is 12.0 Å². The zero-order valence-electron chi connectivity index (χ0n) is 16.2. The van der Waals surface area contributed by atoms with Crippen molar-refractivity contribution in [2.24, 2.45) is 5.92 Å². The highest BCUT2D eigenvalue weighted by Gasteiger charge is 2.31. The van der Waals surface area contributed by atoms with Gasteiger partial charge >= 0.3 is 0 Å². The molecule has 4 rings (SSSR count). The van der Waals surface area contributed by atoms with Crippen molar-refractivity contribution in [3.8, 4) is 0 Å². The Morgan fingerprint density at radius 3 is 2.71 bits per heavy atom. The van der Waals surface area contributed by atoms with Gasteiger partial charge in [0.1, 0.15) is 18.1 Å². The number of rotatable bonds is 5. The van der Waals surface area contributed by atoms with E-state index in [0.717, 1.165) is 38.4 Å². The van der Waals surface area contributed by atoms with Gasteiger partial charge in [-0.05, 0) is 30.2 Å². The van der Waals surface area contributed by atoms with Crippen LogP contribution in [0.25, 0.3) is 0 Å². The zero-order chi connectivity index (χ0) is 19.5. The van der Waals surface area contributed by atoms with Crippen LogP contribution in [-0.4, -0.2) is 48.2 Å². The number of hydrogen-bond acceptors (Lipinski definition) is 7. The fourth-order valence-corrected chi connectivity index (χ4v) is 3.47. The minimum absolute atomic E-state index is 0.0534. The first-order chi connectivity index (χ1) is 13.7. The van der Waals surface area contributed by atoms with Crippen molar-refractivity contribution in [1.82, 2.24) is 9.97 Å². The molecule has 0 bridgehead atoms. The van der Waals surface area contributed by atoms with Crippen molar-refractivity contribution >= 4 is 34.6 Å². The molecule has 2 aliphatic rings. The summed E-state index contributed by atoms with van der Waals surface area (Å²) in [5.74, 6) is 1.38. The van der Waals surface area contributed by atoms with Crippen LogP contribution in [0.2, 0.25) is 0 Å². The first-order valence-corrected chi connectivity index (χ1v) is 9.78. The maximum atomic E-state index is 12.5. The summed E-state index contributed by atoms with van der Waals surface area (Å²) in [6.45, 7) is 7.46. The maximum Gasteiger partial charge on any atom is 0.247 e. The lowest BCUT2D eigenvalue weighted by atomic mass is 9.97. The molecule has 0 radical (unpaired) electrons. The topological polar surface area (TPSA) is 91.4 Å². The summed E-state index contributed by atoms with van der Waals surface area (Å²) in [7, 11) is 0. The number of carbonyl (C=O) groups is 1. The van der Waals surface area contributed by atoms with Crippen LogP contribution < -0.4 is 20.9 Å². The summed E-state index contributed by atoms with van der Waals surface area (Å²) in [6, 6.07) is 7.90. The largest absolute Gasteiger partial charge is 0.378 e. The number of fused-ring (bicyclic) bond motifs is 1. The monoisotopic (exact) mass is 382 g/mol. The number of amides is 1. The van der Waals surface area contributed by atoms with E-state index in [-0.39, 0.29) is 17.9 Å². The fraction of sp³-hybridized carbons (Fsp3) is 0.450. The van der Waals surface area contributed by atoms with Crippen LogP contribution in [-0.2, 0) is 9.53 Å². The molecule has 2 unspecified atom stereocenters. The van der Waals surface area contributed by atoms with Gasteiger partial charge in [0, 0.05) is 24.5 Å². The van der Waals surface area contributed by atoms with Crippen molar-refractivity contribution < 1.29 is 9.53 Å². The molecule has 1 saturated heterocycles. The number of benzene rings is 1. The van der Waals surface area contributed by atoms with Crippen LogP contribution in [0.3, 0.4) is 0 Å². The van der Waals surface area contributed by atoms with Crippen molar-refractivity contribution in [3.05, 3.63) is 30.6 Å². The molecule has 1 amide bonds. The quantitative estimate of drug-likeness (QED) is 0.732. The van der Waals surface area contributed by atoms with Gasteiger partial charge in [-0.1, -0.05) is 20.3 Å². The molecule has 1 aromatic carbocycles. The van der Waals surface area contributed by atoms with E-state index < -0.39 is 0 Å². The number of carbonyl (C=O) groups excluding carboxylic acids is 1. The van der Waals surface area contributed by atoms with Crippen LogP contribution >= 0.6 is 0 Å². The lowest BCUT2D eigenvalue weighted by Gasteiger charge is -2.30. The van der Waals surface area contributed by atoms with Gasteiger partial charge in [-0.15, -0.1) is 0 Å². The van der Waals surface area contributed by atoms with Gasteiger partial charge in [0.25, 0.3) is 0 Å². The summed E-state index contributed by atoms with van der Waals surface area (Å²) < 4.78 is 5.41. The fourth-order valence-electron chi connectivity index (χ4n) is 3.47. The third-order valence-corrected chi connectivity index (χ3v) is 5.39. The highest BCUT2D eigenvalue weighted by molar-refractivity contribution is 6.05. The Balaban J connectivity index is 1.51. The number of hydrogen-bond donors (Lipinski definition) is 3. The van der Waals surface area contributed by atoms with Crippen LogP contribution in [0.4, 0.5) is 28.7 Å². The maximum absolute atomic E-state index is 12.5. The van der Waals surface area contributed by atoms with Crippen LogP contribution in [0, 0.1) is 5.92 Å². The normalized spacial score (nSPS) is 20.0. The smallest absolute Gasteiger partial charge is 0.247 e. The highest BCUT2D eigenvalue weighted by Crippen LogP contribution is 2.34. The molecule has 148 valence electrons. The zero-order valence-corrected chi connectivity index (χ0v) is 16.2. The summed E-state index contributed by atoms with van der Waals surface area (Å²) >= 11 is 0.